The molecule has 156 valence electrons. The van der Waals surface area contributed by atoms with E-state index in [1.807, 2.05) is 19.1 Å². The van der Waals surface area contributed by atoms with Crippen LogP contribution < -0.4 is 4.74 Å². The second-order valence-corrected chi connectivity index (χ2v) is 8.53. The number of carbonyl (C=O) groups excluding carboxylic acids is 1. The number of aromatic amines is 1. The van der Waals surface area contributed by atoms with Crippen LogP contribution in [-0.4, -0.2) is 60.7 Å². The Kier molecular flexibility index (Phi) is 4.57. The number of nitrogens with zero attached hydrogens (tertiary/aromatic N) is 1. The van der Waals surface area contributed by atoms with Crippen LogP contribution >= 0.6 is 0 Å². The van der Waals surface area contributed by atoms with Gasteiger partial charge in [-0.2, -0.15) is 0 Å². The molecule has 7 heteroatoms. The van der Waals surface area contributed by atoms with Crippen LogP contribution in [0.5, 0.6) is 5.75 Å². The van der Waals surface area contributed by atoms with Gasteiger partial charge in [-0.25, -0.2) is 0 Å². The molecule has 0 unspecified atom stereocenters. The lowest BCUT2D eigenvalue weighted by molar-refractivity contribution is -0.245. The molecule has 2 aromatic rings. The lowest BCUT2D eigenvalue weighted by atomic mass is 9.68. The normalized spacial score (nSPS) is 34.2. The molecule has 0 radical (unpaired) electrons. The van der Waals surface area contributed by atoms with Crippen LogP contribution in [0.2, 0.25) is 0 Å². The summed E-state index contributed by atoms with van der Waals surface area (Å²) in [6.07, 6.45) is 0.588. The van der Waals surface area contributed by atoms with Crippen LogP contribution in [0.4, 0.5) is 0 Å². The molecular formula is C22H28N2O5. The number of hydrogen-bond donors (Lipinski definition) is 2. The van der Waals surface area contributed by atoms with Crippen molar-refractivity contribution in [2.45, 2.75) is 38.2 Å². The highest BCUT2D eigenvalue weighted by Gasteiger charge is 2.52. The van der Waals surface area contributed by atoms with E-state index in [0.29, 0.717) is 0 Å². The summed E-state index contributed by atoms with van der Waals surface area (Å²) in [5, 5.41) is 11.7. The summed E-state index contributed by atoms with van der Waals surface area (Å²) in [7, 11) is 3.05. The zero-order valence-electron chi connectivity index (χ0n) is 17.1. The SMILES string of the molecule is COC(=O)[C@@H]1[C@H]2C[C@H]3c4[nH]c5cc(OC)ccc5c4CCN3C[C@@H]2[C@H](C)O[C@H]1O. The van der Waals surface area contributed by atoms with E-state index in [1.165, 1.54) is 23.8 Å². The Morgan fingerprint density at radius 1 is 1.31 bits per heavy atom. The number of benzene rings is 1. The quantitative estimate of drug-likeness (QED) is 0.753. The molecule has 0 bridgehead atoms. The van der Waals surface area contributed by atoms with Gasteiger partial charge in [0.2, 0.25) is 0 Å². The van der Waals surface area contributed by atoms with Crippen molar-refractivity contribution in [3.05, 3.63) is 29.5 Å². The molecule has 2 fully saturated rings. The van der Waals surface area contributed by atoms with Crippen LogP contribution in [0, 0.1) is 17.8 Å². The first-order valence-electron chi connectivity index (χ1n) is 10.4. The molecule has 5 rings (SSSR count). The van der Waals surface area contributed by atoms with Crippen LogP contribution in [-0.2, 0) is 20.7 Å². The molecule has 0 amide bonds. The zero-order valence-corrected chi connectivity index (χ0v) is 17.1. The molecule has 1 aromatic heterocycles. The molecule has 0 spiro atoms. The summed E-state index contributed by atoms with van der Waals surface area (Å²) in [5.41, 5.74) is 3.68. The third-order valence-electron chi connectivity index (χ3n) is 7.26. The summed E-state index contributed by atoms with van der Waals surface area (Å²) in [4.78, 5) is 18.6. The lowest BCUT2D eigenvalue weighted by Crippen LogP contribution is -2.58. The Bertz CT molecular complexity index is 941. The van der Waals surface area contributed by atoms with Crippen molar-refractivity contribution in [3.63, 3.8) is 0 Å². The number of hydrogen-bond acceptors (Lipinski definition) is 6. The van der Waals surface area contributed by atoms with Crippen LogP contribution in [0.3, 0.4) is 0 Å². The highest BCUT2D eigenvalue weighted by molar-refractivity contribution is 5.86. The van der Waals surface area contributed by atoms with Gasteiger partial charge in [-0.1, -0.05) is 0 Å². The summed E-state index contributed by atoms with van der Waals surface area (Å²) in [5.74, 6) is 0.0337. The second-order valence-electron chi connectivity index (χ2n) is 8.53. The minimum Gasteiger partial charge on any atom is -0.497 e. The van der Waals surface area contributed by atoms with Gasteiger partial charge in [0.1, 0.15) is 11.7 Å². The maximum atomic E-state index is 12.5. The third kappa shape index (κ3) is 2.86. The molecular weight excluding hydrogens is 372 g/mol. The van der Waals surface area contributed by atoms with Crippen LogP contribution in [0.15, 0.2) is 18.2 Å². The van der Waals surface area contributed by atoms with Crippen molar-refractivity contribution in [1.29, 1.82) is 0 Å². The molecule has 0 aliphatic carbocycles. The van der Waals surface area contributed by atoms with E-state index in [2.05, 4.69) is 16.0 Å². The lowest BCUT2D eigenvalue weighted by Gasteiger charge is -2.52. The van der Waals surface area contributed by atoms with E-state index in [-0.39, 0.29) is 30.0 Å². The molecule has 0 saturated carbocycles. The van der Waals surface area contributed by atoms with Crippen LogP contribution in [0.1, 0.15) is 30.6 Å². The summed E-state index contributed by atoms with van der Waals surface area (Å²) in [6.45, 7) is 3.84. The fourth-order valence-corrected chi connectivity index (χ4v) is 5.81. The van der Waals surface area contributed by atoms with Gasteiger partial charge in [-0.3, -0.25) is 9.69 Å². The molecule has 7 nitrogen and oxygen atoms in total. The monoisotopic (exact) mass is 400 g/mol. The van der Waals surface area contributed by atoms with Gasteiger partial charge in [0, 0.05) is 41.7 Å². The number of esters is 1. The fourth-order valence-electron chi connectivity index (χ4n) is 5.81. The standard InChI is InChI=1S/C22H28N2O5/c1-11-16-10-24-7-6-14-13-5-4-12(27-2)8-17(13)23-20(14)18(24)9-15(16)19(21(25)28-3)22(26)29-11/h4-5,8,11,15-16,18-19,22-23,26H,6-7,9-10H2,1-3H3/t11-,15-,16+,18-,19-,22+/m0/s1. The van der Waals surface area contributed by atoms with Crippen molar-refractivity contribution >= 4 is 16.9 Å². The van der Waals surface area contributed by atoms with Gasteiger partial charge >= 0.3 is 5.97 Å². The minimum absolute atomic E-state index is 0.0225. The number of carbonyl (C=O) groups is 1. The molecule has 29 heavy (non-hydrogen) atoms. The van der Waals surface area contributed by atoms with E-state index < -0.39 is 12.2 Å². The highest BCUT2D eigenvalue weighted by atomic mass is 16.6. The molecule has 2 N–H and O–H groups in total. The first-order valence-corrected chi connectivity index (χ1v) is 10.4. The van der Waals surface area contributed by atoms with Gasteiger partial charge in [0.25, 0.3) is 0 Å². The topological polar surface area (TPSA) is 84.0 Å². The van der Waals surface area contributed by atoms with E-state index >= 15 is 0 Å². The number of aliphatic hydroxyl groups excluding tert-OH is 1. The fraction of sp³-hybridized carbons (Fsp3) is 0.591. The average molecular weight is 400 g/mol. The van der Waals surface area contributed by atoms with Gasteiger partial charge in [0.05, 0.1) is 26.4 Å². The minimum atomic E-state index is -1.11. The van der Waals surface area contributed by atoms with Gasteiger partial charge in [-0.05, 0) is 43.4 Å². The number of rotatable bonds is 2. The van der Waals surface area contributed by atoms with E-state index in [9.17, 15) is 9.90 Å². The van der Waals surface area contributed by atoms with Crippen molar-refractivity contribution in [3.8, 4) is 5.75 Å². The third-order valence-corrected chi connectivity index (χ3v) is 7.26. The smallest absolute Gasteiger partial charge is 0.314 e. The van der Waals surface area contributed by atoms with E-state index in [4.69, 9.17) is 14.2 Å². The maximum absolute atomic E-state index is 12.5. The molecule has 6 atom stereocenters. The maximum Gasteiger partial charge on any atom is 0.314 e. The predicted octanol–water partition coefficient (Wildman–Crippen LogP) is 2.24. The summed E-state index contributed by atoms with van der Waals surface area (Å²) in [6, 6.07) is 6.37. The predicted molar refractivity (Wildman–Crippen MR) is 107 cm³/mol. The van der Waals surface area contributed by atoms with Gasteiger partial charge < -0.3 is 24.3 Å². The van der Waals surface area contributed by atoms with Crippen molar-refractivity contribution in [2.24, 2.45) is 17.8 Å². The number of methoxy groups -OCH3 is 2. The molecule has 2 saturated heterocycles. The number of aliphatic hydroxyl groups is 1. The molecule has 3 aliphatic rings. The largest absolute Gasteiger partial charge is 0.497 e. The van der Waals surface area contributed by atoms with Crippen molar-refractivity contribution in [1.82, 2.24) is 9.88 Å². The first kappa shape index (κ1) is 18.9. The van der Waals surface area contributed by atoms with Gasteiger partial charge in [0.15, 0.2) is 6.29 Å². The Labute approximate surface area is 169 Å². The Morgan fingerprint density at radius 2 is 2.14 bits per heavy atom. The van der Waals surface area contributed by atoms with Crippen LogP contribution in [0.25, 0.3) is 10.9 Å². The first-order chi connectivity index (χ1) is 14.0. The van der Waals surface area contributed by atoms with E-state index in [0.717, 1.165) is 37.2 Å². The summed E-state index contributed by atoms with van der Waals surface area (Å²) < 4.78 is 16.1. The number of nitrogens with one attached hydrogen (secondary N) is 1. The van der Waals surface area contributed by atoms with Gasteiger partial charge in [-0.15, -0.1) is 0 Å². The molecule has 4 heterocycles. The Hall–Kier alpha value is -2.09. The Morgan fingerprint density at radius 3 is 2.90 bits per heavy atom. The number of aromatic nitrogens is 1. The number of ether oxygens (including phenoxy) is 3. The average Bonchev–Trinajstić information content (AvgIpc) is 3.10. The number of piperidine rings is 1. The van der Waals surface area contributed by atoms with Crippen molar-refractivity contribution in [2.75, 3.05) is 27.3 Å². The van der Waals surface area contributed by atoms with Crippen molar-refractivity contribution < 1.29 is 24.1 Å². The zero-order chi connectivity index (χ0) is 20.3. The highest BCUT2D eigenvalue weighted by Crippen LogP contribution is 2.49. The Balaban J connectivity index is 1.53. The second kappa shape index (κ2) is 7.00. The number of fused-ring (bicyclic) bond motifs is 6. The molecule has 3 aliphatic heterocycles. The van der Waals surface area contributed by atoms with E-state index in [1.54, 1.807) is 7.11 Å². The molecule has 1 aromatic carbocycles. The number of H-pyrrole nitrogens is 1. The summed E-state index contributed by atoms with van der Waals surface area (Å²) >= 11 is 0.